The van der Waals surface area contributed by atoms with E-state index in [1.165, 1.54) is 12.5 Å². The molecule has 2 aromatic rings. The van der Waals surface area contributed by atoms with Gasteiger partial charge in [-0.2, -0.15) is 0 Å². The van der Waals surface area contributed by atoms with E-state index < -0.39 is 0 Å². The molecular weight excluding hydrogens is 350 g/mol. The van der Waals surface area contributed by atoms with E-state index in [0.29, 0.717) is 16.4 Å². The van der Waals surface area contributed by atoms with Crippen molar-refractivity contribution in [3.63, 3.8) is 0 Å². The summed E-state index contributed by atoms with van der Waals surface area (Å²) in [6.45, 7) is 7.92. The van der Waals surface area contributed by atoms with E-state index in [-0.39, 0.29) is 23.8 Å². The molecule has 3 N–H and O–H groups in total. The Kier molecular flexibility index (Phi) is 6.27. The lowest BCUT2D eigenvalue weighted by Crippen LogP contribution is -2.22. The van der Waals surface area contributed by atoms with Crippen molar-refractivity contribution < 1.29 is 9.59 Å². The fourth-order valence-electron chi connectivity index (χ4n) is 2.38. The highest BCUT2D eigenvalue weighted by Crippen LogP contribution is 2.26. The predicted molar refractivity (Wildman–Crippen MR) is 108 cm³/mol. The van der Waals surface area contributed by atoms with Gasteiger partial charge in [-0.25, -0.2) is 0 Å². The van der Waals surface area contributed by atoms with E-state index in [1.807, 2.05) is 24.3 Å². The number of anilines is 3. The second-order valence-electron chi connectivity index (χ2n) is 7.10. The maximum absolute atomic E-state index is 12.2. The monoisotopic (exact) mass is 373 g/mol. The van der Waals surface area contributed by atoms with Crippen molar-refractivity contribution in [3.05, 3.63) is 53.1 Å². The molecule has 0 saturated carbocycles. The first-order valence-corrected chi connectivity index (χ1v) is 8.74. The lowest BCUT2D eigenvalue weighted by atomic mass is 9.87. The molecule has 0 unspecified atom stereocenters. The second kappa shape index (κ2) is 8.23. The zero-order valence-corrected chi connectivity index (χ0v) is 16.2. The smallest absolute Gasteiger partial charge is 0.243 e. The average Bonchev–Trinajstić information content (AvgIpc) is 2.54. The Morgan fingerprint density at radius 1 is 0.962 bits per heavy atom. The second-order valence-corrected chi connectivity index (χ2v) is 7.51. The molecule has 0 atom stereocenters. The standard InChI is InChI=1S/C20H24ClN3O2/c1-13(25)23-16-9-10-17(21)18(11-16)22-12-19(26)24-15-7-5-14(6-8-15)20(2,3)4/h5-11,22H,12H2,1-4H3,(H,23,25)(H,24,26). The Morgan fingerprint density at radius 2 is 1.58 bits per heavy atom. The molecule has 0 aliphatic carbocycles. The van der Waals surface area contributed by atoms with Gasteiger partial charge in [-0.15, -0.1) is 0 Å². The molecule has 0 aliphatic rings. The van der Waals surface area contributed by atoms with E-state index in [1.54, 1.807) is 18.2 Å². The lowest BCUT2D eigenvalue weighted by Gasteiger charge is -2.19. The summed E-state index contributed by atoms with van der Waals surface area (Å²) >= 11 is 6.13. The van der Waals surface area contributed by atoms with E-state index in [9.17, 15) is 9.59 Å². The van der Waals surface area contributed by atoms with Gasteiger partial charge in [-0.05, 0) is 41.3 Å². The van der Waals surface area contributed by atoms with Crippen LogP contribution in [0.3, 0.4) is 0 Å². The van der Waals surface area contributed by atoms with Gasteiger partial charge in [0.15, 0.2) is 0 Å². The summed E-state index contributed by atoms with van der Waals surface area (Å²) in [5.41, 5.74) is 3.21. The average molecular weight is 374 g/mol. The number of hydrogen-bond acceptors (Lipinski definition) is 3. The van der Waals surface area contributed by atoms with Crippen LogP contribution in [0.2, 0.25) is 5.02 Å². The third-order valence-electron chi connectivity index (χ3n) is 3.76. The number of nitrogens with one attached hydrogen (secondary N) is 3. The first-order valence-electron chi connectivity index (χ1n) is 8.36. The van der Waals surface area contributed by atoms with Crippen molar-refractivity contribution in [2.24, 2.45) is 0 Å². The van der Waals surface area contributed by atoms with Gasteiger partial charge in [0.1, 0.15) is 0 Å². The van der Waals surface area contributed by atoms with Gasteiger partial charge in [0.05, 0.1) is 17.3 Å². The van der Waals surface area contributed by atoms with Crippen molar-refractivity contribution in [2.45, 2.75) is 33.1 Å². The molecule has 2 amide bonds. The van der Waals surface area contributed by atoms with Crippen LogP contribution in [0, 0.1) is 0 Å². The molecule has 0 bridgehead atoms. The Labute approximate surface area is 159 Å². The number of benzene rings is 2. The topological polar surface area (TPSA) is 70.2 Å². The van der Waals surface area contributed by atoms with Crippen LogP contribution in [0.5, 0.6) is 0 Å². The molecule has 2 rings (SSSR count). The van der Waals surface area contributed by atoms with Gasteiger partial charge in [-0.1, -0.05) is 44.5 Å². The number of rotatable bonds is 5. The van der Waals surface area contributed by atoms with E-state index in [2.05, 4.69) is 36.7 Å². The van der Waals surface area contributed by atoms with Crippen LogP contribution >= 0.6 is 11.6 Å². The van der Waals surface area contributed by atoms with Gasteiger partial charge in [0.2, 0.25) is 11.8 Å². The van der Waals surface area contributed by atoms with E-state index in [4.69, 9.17) is 11.6 Å². The number of carbonyl (C=O) groups excluding carboxylic acids is 2. The van der Waals surface area contributed by atoms with Crippen molar-refractivity contribution in [3.8, 4) is 0 Å². The number of amides is 2. The van der Waals surface area contributed by atoms with Crippen LogP contribution in [0.1, 0.15) is 33.3 Å². The minimum Gasteiger partial charge on any atom is -0.375 e. The van der Waals surface area contributed by atoms with Crippen LogP contribution in [0.25, 0.3) is 0 Å². The fraction of sp³-hybridized carbons (Fsp3) is 0.300. The van der Waals surface area contributed by atoms with Gasteiger partial charge in [0, 0.05) is 18.3 Å². The maximum atomic E-state index is 12.2. The molecule has 5 nitrogen and oxygen atoms in total. The highest BCUT2D eigenvalue weighted by atomic mass is 35.5. The van der Waals surface area contributed by atoms with Crippen molar-refractivity contribution >= 4 is 40.5 Å². The number of hydrogen-bond donors (Lipinski definition) is 3. The summed E-state index contributed by atoms with van der Waals surface area (Å²) in [5, 5.41) is 8.98. The highest BCUT2D eigenvalue weighted by molar-refractivity contribution is 6.33. The van der Waals surface area contributed by atoms with Crippen molar-refractivity contribution in [1.29, 1.82) is 0 Å². The zero-order chi connectivity index (χ0) is 19.3. The summed E-state index contributed by atoms with van der Waals surface area (Å²) in [5.74, 6) is -0.357. The molecule has 0 fully saturated rings. The van der Waals surface area contributed by atoms with E-state index >= 15 is 0 Å². The summed E-state index contributed by atoms with van der Waals surface area (Å²) < 4.78 is 0. The minimum absolute atomic E-state index is 0.0598. The van der Waals surface area contributed by atoms with Crippen LogP contribution in [-0.4, -0.2) is 18.4 Å². The summed E-state index contributed by atoms with van der Waals surface area (Å²) in [6.07, 6.45) is 0. The van der Waals surface area contributed by atoms with Crippen LogP contribution in [0.15, 0.2) is 42.5 Å². The van der Waals surface area contributed by atoms with E-state index in [0.717, 1.165) is 5.69 Å². The molecule has 0 radical (unpaired) electrons. The Balaban J connectivity index is 1.95. The third kappa shape index (κ3) is 5.77. The molecule has 0 aliphatic heterocycles. The van der Waals surface area contributed by atoms with Gasteiger partial charge in [0.25, 0.3) is 0 Å². The molecule has 2 aromatic carbocycles. The predicted octanol–water partition coefficient (Wildman–Crippen LogP) is 4.65. The number of halogens is 1. The molecule has 0 saturated heterocycles. The minimum atomic E-state index is -0.186. The number of carbonyl (C=O) groups is 2. The molecule has 0 aromatic heterocycles. The quantitative estimate of drug-likeness (QED) is 0.714. The highest BCUT2D eigenvalue weighted by Gasteiger charge is 2.13. The first kappa shape index (κ1) is 19.8. The van der Waals surface area contributed by atoms with Crippen LogP contribution in [0.4, 0.5) is 17.1 Å². The molecular formula is C20H24ClN3O2. The Morgan fingerprint density at radius 3 is 2.15 bits per heavy atom. The van der Waals surface area contributed by atoms with Crippen LogP contribution < -0.4 is 16.0 Å². The largest absolute Gasteiger partial charge is 0.375 e. The summed E-state index contributed by atoms with van der Waals surface area (Å²) in [7, 11) is 0. The summed E-state index contributed by atoms with van der Waals surface area (Å²) in [6, 6.07) is 12.9. The third-order valence-corrected chi connectivity index (χ3v) is 4.09. The zero-order valence-electron chi connectivity index (χ0n) is 15.4. The maximum Gasteiger partial charge on any atom is 0.243 e. The Hall–Kier alpha value is -2.53. The first-order chi connectivity index (χ1) is 12.1. The van der Waals surface area contributed by atoms with Gasteiger partial charge in [-0.3, -0.25) is 9.59 Å². The van der Waals surface area contributed by atoms with Gasteiger partial charge < -0.3 is 16.0 Å². The fourth-order valence-corrected chi connectivity index (χ4v) is 2.56. The molecule has 138 valence electrons. The van der Waals surface area contributed by atoms with Crippen LogP contribution in [-0.2, 0) is 15.0 Å². The SMILES string of the molecule is CC(=O)Nc1ccc(Cl)c(NCC(=O)Nc2ccc(C(C)(C)C)cc2)c1. The van der Waals surface area contributed by atoms with Crippen molar-refractivity contribution in [1.82, 2.24) is 0 Å². The molecule has 0 spiro atoms. The normalized spacial score (nSPS) is 11.0. The van der Waals surface area contributed by atoms with Crippen molar-refractivity contribution in [2.75, 3.05) is 22.5 Å². The lowest BCUT2D eigenvalue weighted by molar-refractivity contribution is -0.115. The Bertz CT molecular complexity index is 796. The summed E-state index contributed by atoms with van der Waals surface area (Å²) in [4.78, 5) is 23.3. The molecule has 26 heavy (non-hydrogen) atoms. The molecule has 0 heterocycles. The van der Waals surface area contributed by atoms with Gasteiger partial charge >= 0.3 is 0 Å². The molecule has 6 heteroatoms.